The van der Waals surface area contributed by atoms with Gasteiger partial charge < -0.3 is 14.8 Å². The smallest absolute Gasteiger partial charge is 0.340 e. The molecule has 0 fully saturated rings. The standard InChI is InChI=1S/C20H16N2O4/c1-25-16(23)10-15-18(20(24)26-2)12-7-5-9-14-17(12)19(22-15)11-6-3-4-8-13(11)21-14/h3-9,21H,10H2,1-2H3. The number of esters is 2. The molecule has 0 unspecified atom stereocenters. The largest absolute Gasteiger partial charge is 0.469 e. The predicted octanol–water partition coefficient (Wildman–Crippen LogP) is 3.46. The zero-order valence-electron chi connectivity index (χ0n) is 14.3. The van der Waals surface area contributed by atoms with E-state index in [9.17, 15) is 9.59 Å². The van der Waals surface area contributed by atoms with Gasteiger partial charge in [-0.1, -0.05) is 30.3 Å². The fourth-order valence-corrected chi connectivity index (χ4v) is 3.33. The van der Waals surface area contributed by atoms with Gasteiger partial charge in [-0.15, -0.1) is 0 Å². The van der Waals surface area contributed by atoms with Crippen LogP contribution in [0.5, 0.6) is 0 Å². The lowest BCUT2D eigenvalue weighted by Crippen LogP contribution is -2.16. The molecular formula is C20H16N2O4. The second kappa shape index (κ2) is 6.15. The van der Waals surface area contributed by atoms with Crippen LogP contribution in [-0.4, -0.2) is 31.1 Å². The van der Waals surface area contributed by atoms with Gasteiger partial charge in [0.05, 0.1) is 37.6 Å². The maximum Gasteiger partial charge on any atom is 0.340 e. The van der Waals surface area contributed by atoms with Crippen LogP contribution in [0.2, 0.25) is 0 Å². The highest BCUT2D eigenvalue weighted by Crippen LogP contribution is 2.44. The Labute approximate surface area is 149 Å². The van der Waals surface area contributed by atoms with Gasteiger partial charge in [0.15, 0.2) is 0 Å². The zero-order valence-corrected chi connectivity index (χ0v) is 14.3. The fourth-order valence-electron chi connectivity index (χ4n) is 3.33. The van der Waals surface area contributed by atoms with Gasteiger partial charge in [-0.3, -0.25) is 9.78 Å². The summed E-state index contributed by atoms with van der Waals surface area (Å²) in [6.45, 7) is 0. The summed E-state index contributed by atoms with van der Waals surface area (Å²) in [6.07, 6.45) is -0.107. The first-order valence-electron chi connectivity index (χ1n) is 8.11. The molecule has 1 aliphatic heterocycles. The highest BCUT2D eigenvalue weighted by atomic mass is 16.5. The van der Waals surface area contributed by atoms with Gasteiger partial charge >= 0.3 is 11.9 Å². The van der Waals surface area contributed by atoms with Crippen LogP contribution in [0.3, 0.4) is 0 Å². The van der Waals surface area contributed by atoms with E-state index in [4.69, 9.17) is 9.47 Å². The topological polar surface area (TPSA) is 77.5 Å². The molecule has 26 heavy (non-hydrogen) atoms. The van der Waals surface area contributed by atoms with Crippen molar-refractivity contribution < 1.29 is 19.1 Å². The first-order valence-corrected chi connectivity index (χ1v) is 8.11. The van der Waals surface area contributed by atoms with Crippen LogP contribution in [0, 0.1) is 0 Å². The van der Waals surface area contributed by atoms with E-state index in [0.29, 0.717) is 16.6 Å². The van der Waals surface area contributed by atoms with Crippen molar-refractivity contribution in [3.05, 3.63) is 53.7 Å². The number of rotatable bonds is 3. The van der Waals surface area contributed by atoms with Crippen LogP contribution in [0.15, 0.2) is 42.5 Å². The molecule has 0 saturated heterocycles. The Hall–Kier alpha value is -3.41. The average molecular weight is 348 g/mol. The minimum atomic E-state index is -0.529. The third-order valence-electron chi connectivity index (χ3n) is 4.49. The molecule has 3 aromatic rings. The molecule has 1 aromatic heterocycles. The number of anilines is 2. The number of carbonyl (C=O) groups excluding carboxylic acids is 2. The van der Waals surface area contributed by atoms with E-state index in [0.717, 1.165) is 28.0 Å². The molecule has 6 nitrogen and oxygen atoms in total. The van der Waals surface area contributed by atoms with Crippen molar-refractivity contribution in [1.29, 1.82) is 0 Å². The van der Waals surface area contributed by atoms with E-state index in [2.05, 4.69) is 10.3 Å². The van der Waals surface area contributed by atoms with Gasteiger partial charge in [-0.05, 0) is 12.1 Å². The van der Waals surface area contributed by atoms with Gasteiger partial charge in [0.2, 0.25) is 0 Å². The summed E-state index contributed by atoms with van der Waals surface area (Å²) >= 11 is 0. The number of para-hydroxylation sites is 1. The summed E-state index contributed by atoms with van der Waals surface area (Å²) in [4.78, 5) is 29.0. The number of fused-ring (bicyclic) bond motifs is 2. The molecule has 0 atom stereocenters. The third-order valence-corrected chi connectivity index (χ3v) is 4.49. The number of nitrogens with one attached hydrogen (secondary N) is 1. The molecule has 0 aliphatic carbocycles. The molecular weight excluding hydrogens is 332 g/mol. The van der Waals surface area contributed by atoms with Crippen LogP contribution in [0.4, 0.5) is 11.4 Å². The molecule has 0 radical (unpaired) electrons. The molecule has 2 aromatic carbocycles. The molecule has 0 amide bonds. The lowest BCUT2D eigenvalue weighted by Gasteiger charge is -2.23. The molecule has 0 spiro atoms. The molecule has 6 heteroatoms. The van der Waals surface area contributed by atoms with Crippen LogP contribution in [-0.2, 0) is 20.7 Å². The number of pyridine rings is 1. The monoisotopic (exact) mass is 348 g/mol. The molecule has 2 heterocycles. The van der Waals surface area contributed by atoms with Crippen molar-refractivity contribution in [1.82, 2.24) is 4.98 Å². The van der Waals surface area contributed by atoms with Crippen LogP contribution in [0.25, 0.3) is 22.0 Å². The molecule has 130 valence electrons. The second-order valence-electron chi connectivity index (χ2n) is 5.93. The van der Waals surface area contributed by atoms with E-state index < -0.39 is 11.9 Å². The Morgan fingerprint density at radius 2 is 1.77 bits per heavy atom. The number of hydrogen-bond donors (Lipinski definition) is 1. The maximum absolute atomic E-state index is 12.5. The Morgan fingerprint density at radius 3 is 2.54 bits per heavy atom. The van der Waals surface area contributed by atoms with Gasteiger partial charge in [0.25, 0.3) is 0 Å². The molecule has 1 aliphatic rings. The highest BCUT2D eigenvalue weighted by molar-refractivity contribution is 6.16. The number of aromatic nitrogens is 1. The number of ether oxygens (including phenoxy) is 2. The van der Waals surface area contributed by atoms with Gasteiger partial charge in [0.1, 0.15) is 0 Å². The summed E-state index contributed by atoms with van der Waals surface area (Å²) in [5.74, 6) is -0.994. The number of nitrogens with zero attached hydrogens (tertiary/aromatic N) is 1. The Kier molecular flexibility index (Phi) is 3.80. The Bertz CT molecular complexity index is 1060. The summed E-state index contributed by atoms with van der Waals surface area (Å²) in [5, 5.41) is 4.90. The van der Waals surface area contributed by atoms with E-state index in [-0.39, 0.29) is 6.42 Å². The van der Waals surface area contributed by atoms with Gasteiger partial charge in [0, 0.05) is 27.7 Å². The number of methoxy groups -OCH3 is 2. The summed E-state index contributed by atoms with van der Waals surface area (Å²) in [7, 11) is 2.62. The van der Waals surface area contributed by atoms with E-state index in [1.807, 2.05) is 42.5 Å². The number of benzene rings is 2. The van der Waals surface area contributed by atoms with Crippen molar-refractivity contribution >= 4 is 34.1 Å². The van der Waals surface area contributed by atoms with Crippen molar-refractivity contribution in [2.45, 2.75) is 6.42 Å². The lowest BCUT2D eigenvalue weighted by atomic mass is 9.93. The van der Waals surface area contributed by atoms with Crippen molar-refractivity contribution in [3.8, 4) is 11.3 Å². The first-order chi connectivity index (χ1) is 12.6. The Morgan fingerprint density at radius 1 is 1.00 bits per heavy atom. The van der Waals surface area contributed by atoms with E-state index in [1.165, 1.54) is 14.2 Å². The molecule has 0 saturated carbocycles. The molecule has 1 N–H and O–H groups in total. The summed E-state index contributed by atoms with van der Waals surface area (Å²) < 4.78 is 9.72. The summed E-state index contributed by atoms with van der Waals surface area (Å²) in [5.41, 5.74) is 4.07. The quantitative estimate of drug-likeness (QED) is 0.571. The van der Waals surface area contributed by atoms with Crippen LogP contribution < -0.4 is 5.32 Å². The van der Waals surface area contributed by atoms with E-state index >= 15 is 0 Å². The molecule has 4 rings (SSSR count). The lowest BCUT2D eigenvalue weighted by molar-refractivity contribution is -0.139. The van der Waals surface area contributed by atoms with Crippen LogP contribution >= 0.6 is 0 Å². The average Bonchev–Trinajstić information content (AvgIpc) is 2.67. The van der Waals surface area contributed by atoms with Gasteiger partial charge in [-0.2, -0.15) is 0 Å². The second-order valence-corrected chi connectivity index (χ2v) is 5.93. The number of carbonyl (C=O) groups is 2. The van der Waals surface area contributed by atoms with Crippen molar-refractivity contribution in [2.75, 3.05) is 19.5 Å². The first kappa shape index (κ1) is 16.1. The zero-order chi connectivity index (χ0) is 18.3. The fraction of sp³-hybridized carbons (Fsp3) is 0.150. The number of hydrogen-bond acceptors (Lipinski definition) is 6. The highest BCUT2D eigenvalue weighted by Gasteiger charge is 2.27. The van der Waals surface area contributed by atoms with Crippen LogP contribution in [0.1, 0.15) is 16.1 Å². The third kappa shape index (κ3) is 2.38. The van der Waals surface area contributed by atoms with Crippen molar-refractivity contribution in [3.63, 3.8) is 0 Å². The molecule has 0 bridgehead atoms. The predicted molar refractivity (Wildman–Crippen MR) is 97.5 cm³/mol. The SMILES string of the molecule is COC(=O)Cc1nc2c3c(cccc3c1C(=O)OC)Nc1ccccc1-2. The Balaban J connectivity index is 2.09. The summed E-state index contributed by atoms with van der Waals surface area (Å²) in [6, 6.07) is 13.4. The van der Waals surface area contributed by atoms with Crippen molar-refractivity contribution in [2.24, 2.45) is 0 Å². The van der Waals surface area contributed by atoms with E-state index in [1.54, 1.807) is 0 Å². The maximum atomic E-state index is 12.5. The van der Waals surface area contributed by atoms with Gasteiger partial charge in [-0.25, -0.2) is 4.79 Å². The normalized spacial score (nSPS) is 11.5. The minimum Gasteiger partial charge on any atom is -0.469 e. The minimum absolute atomic E-state index is 0.107.